The van der Waals surface area contributed by atoms with Crippen molar-refractivity contribution in [1.82, 2.24) is 10.2 Å². The summed E-state index contributed by atoms with van der Waals surface area (Å²) in [6, 6.07) is 5.32. The quantitative estimate of drug-likeness (QED) is 0.842. The molecule has 100 valence electrons. The third-order valence-electron chi connectivity index (χ3n) is 3.83. The number of benzene rings is 1. The molecule has 3 heteroatoms. The molecule has 2 rings (SSSR count). The Hall–Kier alpha value is -1.06. The number of aromatic hydroxyl groups is 1. The zero-order valence-electron chi connectivity index (χ0n) is 11.8. The Kier molecular flexibility index (Phi) is 3.93. The van der Waals surface area contributed by atoms with Crippen LogP contribution >= 0.6 is 0 Å². The van der Waals surface area contributed by atoms with E-state index in [2.05, 4.69) is 36.2 Å². The zero-order valence-corrected chi connectivity index (χ0v) is 11.8. The van der Waals surface area contributed by atoms with Gasteiger partial charge in [0.1, 0.15) is 5.75 Å². The molecule has 1 aliphatic heterocycles. The predicted molar refractivity (Wildman–Crippen MR) is 74.9 cm³/mol. The molecule has 0 bridgehead atoms. The van der Waals surface area contributed by atoms with Crippen LogP contribution in [0.25, 0.3) is 0 Å². The summed E-state index contributed by atoms with van der Waals surface area (Å²) in [5, 5.41) is 13.3. The molecule has 1 aliphatic rings. The fourth-order valence-electron chi connectivity index (χ4n) is 2.69. The van der Waals surface area contributed by atoms with Crippen LogP contribution < -0.4 is 5.32 Å². The van der Waals surface area contributed by atoms with Crippen molar-refractivity contribution in [3.63, 3.8) is 0 Å². The van der Waals surface area contributed by atoms with Crippen LogP contribution in [-0.2, 0) is 6.54 Å². The Labute approximate surface area is 110 Å². The van der Waals surface area contributed by atoms with Crippen molar-refractivity contribution in [1.29, 1.82) is 0 Å². The standard InChI is InChI=1S/C15H24N2O/c1-10-5-14(6-11(2)15(10)18)9-17-8-12(3)16-7-13(17)4/h5-6,12-13,16,18H,7-9H2,1-4H3. The number of nitrogens with one attached hydrogen (secondary N) is 1. The summed E-state index contributed by atoms with van der Waals surface area (Å²) in [5.41, 5.74) is 3.24. The third kappa shape index (κ3) is 2.85. The molecule has 18 heavy (non-hydrogen) atoms. The first-order valence-corrected chi connectivity index (χ1v) is 6.74. The SMILES string of the molecule is Cc1cc(CN2CC(C)NCC2C)cc(C)c1O. The van der Waals surface area contributed by atoms with Crippen LogP contribution in [0.3, 0.4) is 0 Å². The second-order valence-electron chi connectivity index (χ2n) is 5.67. The molecule has 1 heterocycles. The van der Waals surface area contributed by atoms with Gasteiger partial charge in [-0.15, -0.1) is 0 Å². The first-order chi connectivity index (χ1) is 8.47. The molecule has 2 unspecified atom stereocenters. The monoisotopic (exact) mass is 248 g/mol. The highest BCUT2D eigenvalue weighted by molar-refractivity contribution is 5.42. The Bertz CT molecular complexity index is 407. The van der Waals surface area contributed by atoms with Crippen LogP contribution in [0.1, 0.15) is 30.5 Å². The fourth-order valence-corrected chi connectivity index (χ4v) is 2.69. The Morgan fingerprint density at radius 2 is 1.89 bits per heavy atom. The number of aryl methyl sites for hydroxylation is 2. The molecule has 2 N–H and O–H groups in total. The normalized spacial score (nSPS) is 25.3. The summed E-state index contributed by atoms with van der Waals surface area (Å²) < 4.78 is 0. The second-order valence-corrected chi connectivity index (χ2v) is 5.67. The Balaban J connectivity index is 2.13. The summed E-state index contributed by atoms with van der Waals surface area (Å²) >= 11 is 0. The average molecular weight is 248 g/mol. The number of rotatable bonds is 2. The van der Waals surface area contributed by atoms with E-state index >= 15 is 0 Å². The van der Waals surface area contributed by atoms with Crippen molar-refractivity contribution in [2.24, 2.45) is 0 Å². The minimum Gasteiger partial charge on any atom is -0.507 e. The number of hydrogen-bond acceptors (Lipinski definition) is 3. The number of piperazine rings is 1. The topological polar surface area (TPSA) is 35.5 Å². The molecule has 1 aromatic carbocycles. The van der Waals surface area contributed by atoms with Crippen LogP contribution in [-0.4, -0.2) is 35.2 Å². The van der Waals surface area contributed by atoms with Gasteiger partial charge >= 0.3 is 0 Å². The van der Waals surface area contributed by atoms with Gasteiger partial charge in [-0.1, -0.05) is 12.1 Å². The highest BCUT2D eigenvalue weighted by Crippen LogP contribution is 2.24. The number of nitrogens with zero attached hydrogens (tertiary/aromatic N) is 1. The van der Waals surface area contributed by atoms with Gasteiger partial charge < -0.3 is 10.4 Å². The lowest BCUT2D eigenvalue weighted by Crippen LogP contribution is -2.53. The zero-order chi connectivity index (χ0) is 13.3. The fraction of sp³-hybridized carbons (Fsp3) is 0.600. The van der Waals surface area contributed by atoms with Gasteiger partial charge in [-0.3, -0.25) is 4.90 Å². The predicted octanol–water partition coefficient (Wildman–Crippen LogP) is 2.19. The van der Waals surface area contributed by atoms with Crippen molar-refractivity contribution < 1.29 is 5.11 Å². The smallest absolute Gasteiger partial charge is 0.121 e. The van der Waals surface area contributed by atoms with Crippen LogP contribution in [0.4, 0.5) is 0 Å². The van der Waals surface area contributed by atoms with Crippen LogP contribution in [0.2, 0.25) is 0 Å². The maximum atomic E-state index is 9.81. The summed E-state index contributed by atoms with van der Waals surface area (Å²) in [6.07, 6.45) is 0. The van der Waals surface area contributed by atoms with E-state index in [1.165, 1.54) is 5.56 Å². The van der Waals surface area contributed by atoms with E-state index in [1.807, 2.05) is 13.8 Å². The largest absolute Gasteiger partial charge is 0.507 e. The van der Waals surface area contributed by atoms with Gasteiger partial charge in [0.05, 0.1) is 0 Å². The summed E-state index contributed by atoms with van der Waals surface area (Å²) in [5.74, 6) is 0.431. The number of phenols is 1. The summed E-state index contributed by atoms with van der Waals surface area (Å²) in [4.78, 5) is 2.51. The molecular formula is C15H24N2O. The lowest BCUT2D eigenvalue weighted by atomic mass is 10.0. The van der Waals surface area contributed by atoms with Crippen molar-refractivity contribution >= 4 is 0 Å². The molecule has 1 saturated heterocycles. The minimum atomic E-state index is 0.431. The molecule has 0 aliphatic carbocycles. The molecule has 0 saturated carbocycles. The van der Waals surface area contributed by atoms with E-state index in [1.54, 1.807) is 0 Å². The van der Waals surface area contributed by atoms with Crippen molar-refractivity contribution in [2.45, 2.75) is 46.3 Å². The maximum Gasteiger partial charge on any atom is 0.121 e. The molecule has 2 atom stereocenters. The molecule has 0 spiro atoms. The highest BCUT2D eigenvalue weighted by atomic mass is 16.3. The van der Waals surface area contributed by atoms with Crippen molar-refractivity contribution in [3.05, 3.63) is 28.8 Å². The molecule has 3 nitrogen and oxygen atoms in total. The number of hydrogen-bond donors (Lipinski definition) is 2. The van der Waals surface area contributed by atoms with Crippen molar-refractivity contribution in [3.8, 4) is 5.75 Å². The van der Waals surface area contributed by atoms with Gasteiger partial charge in [-0.25, -0.2) is 0 Å². The van der Waals surface area contributed by atoms with Gasteiger partial charge in [0.25, 0.3) is 0 Å². The first-order valence-electron chi connectivity index (χ1n) is 6.74. The van der Waals surface area contributed by atoms with E-state index in [9.17, 15) is 5.11 Å². The van der Waals surface area contributed by atoms with E-state index < -0.39 is 0 Å². The molecule has 0 radical (unpaired) electrons. The first kappa shape index (κ1) is 13.4. The maximum absolute atomic E-state index is 9.81. The minimum absolute atomic E-state index is 0.431. The lowest BCUT2D eigenvalue weighted by Gasteiger charge is -2.37. The average Bonchev–Trinajstić information content (AvgIpc) is 2.31. The van der Waals surface area contributed by atoms with E-state index in [0.29, 0.717) is 17.8 Å². The van der Waals surface area contributed by atoms with E-state index in [0.717, 1.165) is 30.8 Å². The molecule has 1 fully saturated rings. The van der Waals surface area contributed by atoms with Gasteiger partial charge in [0.2, 0.25) is 0 Å². The highest BCUT2D eigenvalue weighted by Gasteiger charge is 2.22. The molecular weight excluding hydrogens is 224 g/mol. The van der Waals surface area contributed by atoms with Gasteiger partial charge in [-0.05, 0) is 44.4 Å². The second kappa shape index (κ2) is 5.29. The van der Waals surface area contributed by atoms with Crippen LogP contribution in [0.15, 0.2) is 12.1 Å². The van der Waals surface area contributed by atoms with Crippen molar-refractivity contribution in [2.75, 3.05) is 13.1 Å². The van der Waals surface area contributed by atoms with E-state index in [-0.39, 0.29) is 0 Å². The Morgan fingerprint density at radius 1 is 1.28 bits per heavy atom. The number of phenolic OH excluding ortho intramolecular Hbond substituents is 1. The Morgan fingerprint density at radius 3 is 2.50 bits per heavy atom. The molecule has 0 amide bonds. The summed E-state index contributed by atoms with van der Waals surface area (Å²) in [7, 11) is 0. The van der Waals surface area contributed by atoms with Gasteiger partial charge in [0.15, 0.2) is 0 Å². The molecule has 0 aromatic heterocycles. The van der Waals surface area contributed by atoms with Crippen LogP contribution in [0.5, 0.6) is 5.75 Å². The molecule has 1 aromatic rings. The van der Waals surface area contributed by atoms with Gasteiger partial charge in [-0.2, -0.15) is 0 Å². The lowest BCUT2D eigenvalue weighted by molar-refractivity contribution is 0.139. The summed E-state index contributed by atoms with van der Waals surface area (Å²) in [6.45, 7) is 11.5. The van der Waals surface area contributed by atoms with Gasteiger partial charge in [0, 0.05) is 31.7 Å². The van der Waals surface area contributed by atoms with Crippen LogP contribution in [0, 0.1) is 13.8 Å². The van der Waals surface area contributed by atoms with E-state index in [4.69, 9.17) is 0 Å². The third-order valence-corrected chi connectivity index (χ3v) is 3.83.